The van der Waals surface area contributed by atoms with Crippen LogP contribution in [-0.2, 0) is 0 Å². The molecule has 0 N–H and O–H groups in total. The van der Waals surface area contributed by atoms with E-state index in [9.17, 15) is 0 Å². The van der Waals surface area contributed by atoms with Crippen molar-refractivity contribution in [2.45, 2.75) is 71.1 Å². The van der Waals surface area contributed by atoms with Gasteiger partial charge in [0.05, 0.1) is 6.17 Å². The van der Waals surface area contributed by atoms with Gasteiger partial charge in [0.1, 0.15) is 0 Å². The first-order chi connectivity index (χ1) is 11.3. The topological polar surface area (TPSA) is 6.48 Å². The molecule has 0 radical (unpaired) electrons. The summed E-state index contributed by atoms with van der Waals surface area (Å²) in [6.07, 6.45) is 5.81. The highest BCUT2D eigenvalue weighted by atomic mass is 15.4. The van der Waals surface area contributed by atoms with Crippen molar-refractivity contribution in [3.05, 3.63) is 29.8 Å². The average Bonchev–Trinajstić information content (AvgIpc) is 2.79. The van der Waals surface area contributed by atoms with Crippen molar-refractivity contribution >= 4 is 5.69 Å². The Labute approximate surface area is 134 Å². The summed E-state index contributed by atoms with van der Waals surface area (Å²) in [7, 11) is 2.02. The van der Waals surface area contributed by atoms with Crippen LogP contribution in [0.3, 0.4) is 0 Å². The average molecular weight is 289 g/mol. The van der Waals surface area contributed by atoms with Gasteiger partial charge in [-0.15, -0.1) is 0 Å². The molecular formula is C19H30N2. The van der Waals surface area contributed by atoms with Gasteiger partial charge in [-0.05, 0) is 58.1 Å². The molecule has 0 amide bonds. The van der Waals surface area contributed by atoms with Crippen LogP contribution in [0.2, 0.25) is 0 Å². The Morgan fingerprint density at radius 3 is 2.52 bits per heavy atom. The van der Waals surface area contributed by atoms with E-state index in [1.165, 1.54) is 32.1 Å². The van der Waals surface area contributed by atoms with Crippen LogP contribution in [0, 0.1) is 12.8 Å². The Morgan fingerprint density at radius 1 is 1.14 bits per heavy atom. The number of para-hydroxylation sites is 1. The molecular weight excluding hydrogens is 256 g/mol. The number of anilines is 1. The Hall–Kier alpha value is -1.02. The lowest BCUT2D eigenvalue weighted by Gasteiger charge is -2.34. The van der Waals surface area contributed by atoms with Crippen LogP contribution in [0.15, 0.2) is 24.3 Å². The van der Waals surface area contributed by atoms with Crippen molar-refractivity contribution in [2.75, 3.05) is 11.9 Å². The summed E-state index contributed by atoms with van der Waals surface area (Å²) in [4.78, 5) is 4.32. The molecule has 1 aliphatic carbocycles. The molecule has 1 saturated heterocycles. The van der Waals surface area contributed by atoms with Gasteiger partial charge in [0, 0.05) is 21.9 Å². The summed E-state index contributed by atoms with van der Waals surface area (Å²) in [5.74, 6) is 0.609. The van der Waals surface area contributed by atoms with Crippen LogP contribution in [0.5, 0.6) is 0 Å². The second kappa shape index (κ2) is 6.00. The quantitative estimate of drug-likeness (QED) is 0.794. The third-order valence-electron chi connectivity index (χ3n) is 5.58. The molecule has 3 atom stereocenters. The predicted molar refractivity (Wildman–Crippen MR) is 90.7 cm³/mol. The van der Waals surface area contributed by atoms with Gasteiger partial charge in [0.15, 0.2) is 0 Å². The van der Waals surface area contributed by atoms with E-state index in [4.69, 9.17) is 4.11 Å². The number of likely N-dealkylation sites (N-methyl/N-ethyl adjacent to an activating group) is 1. The lowest BCUT2D eigenvalue weighted by Crippen LogP contribution is -2.41. The molecule has 2 fully saturated rings. The Morgan fingerprint density at radius 2 is 1.86 bits per heavy atom. The molecule has 1 aromatic carbocycles. The Bertz CT molecular complexity index is 566. The standard InChI is InChI=1S/C19H30N2/c1-14-10-8-9-13-18(14)21-15(2)19(20(4)16(21)3)17-11-6-5-7-12-17/h8-10,13,15-17,19H,5-7,11-12H2,1-4H3/t15-,16?,19?/m0/s1/i3D3. The molecule has 0 spiro atoms. The number of hydrogen-bond donors (Lipinski definition) is 0. The van der Waals surface area contributed by atoms with Gasteiger partial charge in [-0.2, -0.15) is 0 Å². The summed E-state index contributed by atoms with van der Waals surface area (Å²) < 4.78 is 24.5. The van der Waals surface area contributed by atoms with E-state index >= 15 is 0 Å². The van der Waals surface area contributed by atoms with Crippen LogP contribution in [-0.4, -0.2) is 30.2 Å². The smallest absolute Gasteiger partial charge is 0.0796 e. The molecule has 2 aliphatic rings. The Balaban J connectivity index is 2.00. The van der Waals surface area contributed by atoms with E-state index in [0.29, 0.717) is 12.0 Å². The van der Waals surface area contributed by atoms with Crippen molar-refractivity contribution in [1.82, 2.24) is 4.90 Å². The molecule has 1 aliphatic heterocycles. The van der Waals surface area contributed by atoms with Gasteiger partial charge < -0.3 is 4.90 Å². The molecule has 1 aromatic rings. The fraction of sp³-hybridized carbons (Fsp3) is 0.684. The number of nitrogens with zero attached hydrogens (tertiary/aromatic N) is 2. The minimum absolute atomic E-state index is 0.213. The fourth-order valence-corrected chi connectivity index (χ4v) is 4.49. The van der Waals surface area contributed by atoms with Gasteiger partial charge in [-0.1, -0.05) is 37.5 Å². The maximum absolute atomic E-state index is 8.15. The third-order valence-corrected chi connectivity index (χ3v) is 5.58. The van der Waals surface area contributed by atoms with Crippen molar-refractivity contribution in [3.63, 3.8) is 0 Å². The van der Waals surface area contributed by atoms with Gasteiger partial charge in [-0.3, -0.25) is 4.90 Å². The summed E-state index contributed by atoms with van der Waals surface area (Å²) in [5, 5.41) is 0. The van der Waals surface area contributed by atoms with E-state index in [-0.39, 0.29) is 6.04 Å². The SMILES string of the molecule is [2H]C([2H])([2H])C1N(C)C(C2CCCCC2)[C@H](C)N1c1ccccc1C. The van der Waals surface area contributed by atoms with Crippen LogP contribution in [0.1, 0.15) is 55.6 Å². The van der Waals surface area contributed by atoms with Crippen molar-refractivity contribution in [1.29, 1.82) is 0 Å². The van der Waals surface area contributed by atoms with Crippen LogP contribution < -0.4 is 4.90 Å². The minimum atomic E-state index is -2.02. The maximum atomic E-state index is 8.15. The molecule has 0 aromatic heterocycles. The van der Waals surface area contributed by atoms with E-state index in [0.717, 1.165) is 11.3 Å². The molecule has 1 saturated carbocycles. The summed E-state index contributed by atoms with van der Waals surface area (Å²) in [6, 6.07) is 8.71. The molecule has 2 nitrogen and oxygen atoms in total. The van der Waals surface area contributed by atoms with E-state index in [2.05, 4.69) is 35.8 Å². The van der Waals surface area contributed by atoms with Gasteiger partial charge >= 0.3 is 0 Å². The summed E-state index contributed by atoms with van der Waals surface area (Å²) in [6.45, 7) is 2.27. The normalized spacial score (nSPS) is 34.5. The zero-order valence-corrected chi connectivity index (χ0v) is 13.5. The first-order valence-corrected chi connectivity index (χ1v) is 8.38. The zero-order chi connectivity index (χ0) is 17.5. The largest absolute Gasteiger partial charge is 0.352 e. The third kappa shape index (κ3) is 2.59. The van der Waals surface area contributed by atoms with Crippen molar-refractivity contribution in [3.8, 4) is 0 Å². The highest BCUT2D eigenvalue weighted by Crippen LogP contribution is 2.39. The second-order valence-electron chi connectivity index (χ2n) is 6.86. The number of benzene rings is 1. The molecule has 3 rings (SSSR count). The predicted octanol–water partition coefficient (Wildman–Crippen LogP) is 4.43. The number of aryl methyl sites for hydroxylation is 1. The second-order valence-corrected chi connectivity index (χ2v) is 6.86. The van der Waals surface area contributed by atoms with Crippen molar-refractivity contribution in [2.24, 2.45) is 5.92 Å². The minimum Gasteiger partial charge on any atom is -0.352 e. The highest BCUT2D eigenvalue weighted by Gasteiger charge is 2.44. The van der Waals surface area contributed by atoms with E-state index in [1.807, 2.05) is 19.2 Å². The van der Waals surface area contributed by atoms with Crippen LogP contribution in [0.4, 0.5) is 5.69 Å². The van der Waals surface area contributed by atoms with E-state index in [1.54, 1.807) is 0 Å². The molecule has 116 valence electrons. The molecule has 2 unspecified atom stereocenters. The monoisotopic (exact) mass is 289 g/mol. The highest BCUT2D eigenvalue weighted by molar-refractivity contribution is 5.55. The zero-order valence-electron chi connectivity index (χ0n) is 16.5. The van der Waals surface area contributed by atoms with Crippen molar-refractivity contribution < 1.29 is 4.11 Å². The molecule has 1 heterocycles. The van der Waals surface area contributed by atoms with Gasteiger partial charge in [0.2, 0.25) is 0 Å². The van der Waals surface area contributed by atoms with Gasteiger partial charge in [-0.25, -0.2) is 0 Å². The molecule has 2 heteroatoms. The fourth-order valence-electron chi connectivity index (χ4n) is 4.49. The lowest BCUT2D eigenvalue weighted by molar-refractivity contribution is 0.153. The van der Waals surface area contributed by atoms with Gasteiger partial charge in [0.25, 0.3) is 0 Å². The summed E-state index contributed by atoms with van der Waals surface area (Å²) >= 11 is 0. The maximum Gasteiger partial charge on any atom is 0.0796 e. The van der Waals surface area contributed by atoms with E-state index < -0.39 is 13.0 Å². The Kier molecular flexibility index (Phi) is 3.30. The number of rotatable bonds is 2. The molecule has 21 heavy (non-hydrogen) atoms. The van der Waals surface area contributed by atoms with Crippen LogP contribution >= 0.6 is 0 Å². The lowest BCUT2D eigenvalue weighted by atomic mass is 9.81. The summed E-state index contributed by atoms with van der Waals surface area (Å²) in [5.41, 5.74) is 2.22. The van der Waals surface area contributed by atoms with Crippen LogP contribution in [0.25, 0.3) is 0 Å². The first kappa shape index (κ1) is 11.5. The number of hydrogen-bond acceptors (Lipinski definition) is 2. The molecule has 0 bridgehead atoms. The first-order valence-electron chi connectivity index (χ1n) is 9.88.